The number of benzene rings is 4. The molecule has 6 aromatic rings. The number of nitrogens with zero attached hydrogens (tertiary/aromatic N) is 2. The number of rotatable bonds is 12. The molecule has 0 saturated carbocycles. The number of hydrogen-bond donors (Lipinski definition) is 4. The zero-order chi connectivity index (χ0) is 52.6. The highest BCUT2D eigenvalue weighted by atomic mass is 32.1. The van der Waals surface area contributed by atoms with E-state index in [0.29, 0.717) is 47.7 Å². The SMILES string of the molecule is C=CCO/N=C(/C)c1ccsc1/C=C1\Oc2ccc(O)c(OC)c2-c2ccc3c(c21)C(C)=CC(C)(C)N3.C=CCO/N=C(\C)c1ccsc1/C=C1\Oc2ccc(O)c(OC)c2-c2ccc3c(c21)C(C)=CC(C)(C)N3. The normalized spacial score (nSPS) is 16.5. The lowest BCUT2D eigenvalue weighted by molar-refractivity contribution is 0.175. The van der Waals surface area contributed by atoms with E-state index in [4.69, 9.17) is 28.6 Å². The largest absolute Gasteiger partial charge is 0.504 e. The molecule has 4 N–H and O–H groups in total. The van der Waals surface area contributed by atoms with Gasteiger partial charge in [-0.05, 0) is 138 Å². The van der Waals surface area contributed by atoms with Crippen LogP contribution >= 0.6 is 22.7 Å². The van der Waals surface area contributed by atoms with Crippen LogP contribution in [-0.4, -0.2) is 60.1 Å². The van der Waals surface area contributed by atoms with Crippen LogP contribution in [0.25, 0.3) is 57.1 Å². The summed E-state index contributed by atoms with van der Waals surface area (Å²) < 4.78 is 24.4. The molecule has 380 valence electrons. The molecule has 4 aliphatic heterocycles. The second-order valence-electron chi connectivity index (χ2n) is 19.3. The average Bonchev–Trinajstić information content (AvgIpc) is 4.03. The minimum Gasteiger partial charge on any atom is -0.504 e. The number of oxime groups is 2. The zero-order valence-corrected chi connectivity index (χ0v) is 44.9. The minimum absolute atomic E-state index is 0.0689. The van der Waals surface area contributed by atoms with Crippen molar-refractivity contribution >= 4 is 80.3 Å². The van der Waals surface area contributed by atoms with Crippen molar-refractivity contribution < 1.29 is 38.8 Å². The molecule has 10 rings (SSSR count). The molecular formula is C60H60N4O8S2. The number of phenolic OH excluding ortho intramolecular Hbond substituents is 2. The summed E-state index contributed by atoms with van der Waals surface area (Å²) in [5.74, 6) is 3.59. The van der Waals surface area contributed by atoms with Gasteiger partial charge in [0.25, 0.3) is 0 Å². The fourth-order valence-corrected chi connectivity index (χ4v) is 11.8. The van der Waals surface area contributed by atoms with E-state index in [9.17, 15) is 10.2 Å². The number of anilines is 2. The third kappa shape index (κ3) is 9.70. The van der Waals surface area contributed by atoms with Crippen LogP contribution in [0.2, 0.25) is 0 Å². The molecular weight excluding hydrogens is 969 g/mol. The topological polar surface area (TPSA) is 145 Å². The van der Waals surface area contributed by atoms with E-state index in [1.165, 1.54) is 0 Å². The molecule has 0 fully saturated rings. The Morgan fingerprint density at radius 3 is 1.38 bits per heavy atom. The van der Waals surface area contributed by atoms with Crippen LogP contribution in [0.1, 0.15) is 98.5 Å². The first-order valence-corrected chi connectivity index (χ1v) is 25.8. The maximum atomic E-state index is 10.6. The van der Waals surface area contributed by atoms with Gasteiger partial charge in [-0.1, -0.05) is 59.9 Å². The van der Waals surface area contributed by atoms with Crippen LogP contribution in [0.3, 0.4) is 0 Å². The summed E-state index contributed by atoms with van der Waals surface area (Å²) >= 11 is 3.21. The van der Waals surface area contributed by atoms with Crippen molar-refractivity contribution in [2.24, 2.45) is 10.3 Å². The number of hydrogen-bond acceptors (Lipinski definition) is 14. The lowest BCUT2D eigenvalue weighted by Gasteiger charge is -2.35. The van der Waals surface area contributed by atoms with Crippen LogP contribution in [0.5, 0.6) is 34.5 Å². The molecule has 4 aromatic carbocycles. The van der Waals surface area contributed by atoms with Gasteiger partial charge >= 0.3 is 0 Å². The van der Waals surface area contributed by atoms with Gasteiger partial charge in [-0.15, -0.1) is 22.7 Å². The summed E-state index contributed by atoms with van der Waals surface area (Å²) in [5, 5.41) is 40.9. The van der Waals surface area contributed by atoms with Crippen molar-refractivity contribution in [2.75, 3.05) is 38.1 Å². The second-order valence-corrected chi connectivity index (χ2v) is 21.2. The van der Waals surface area contributed by atoms with Gasteiger partial charge in [0.1, 0.15) is 36.2 Å². The van der Waals surface area contributed by atoms with Crippen molar-refractivity contribution in [1.82, 2.24) is 0 Å². The highest BCUT2D eigenvalue weighted by Crippen LogP contribution is 2.56. The fraction of sp³-hybridized carbons (Fsp3) is 0.233. The fourth-order valence-electron chi connectivity index (χ4n) is 10.1. The smallest absolute Gasteiger partial charge is 0.172 e. The Labute approximate surface area is 440 Å². The van der Waals surface area contributed by atoms with E-state index in [0.717, 1.165) is 99.3 Å². The Bertz CT molecular complexity index is 3210. The van der Waals surface area contributed by atoms with Crippen molar-refractivity contribution in [1.29, 1.82) is 0 Å². The molecule has 14 heteroatoms. The van der Waals surface area contributed by atoms with Gasteiger partial charge < -0.3 is 49.5 Å². The van der Waals surface area contributed by atoms with Crippen molar-refractivity contribution in [2.45, 2.75) is 66.5 Å². The third-order valence-corrected chi connectivity index (χ3v) is 14.6. The molecule has 0 aliphatic carbocycles. The van der Waals surface area contributed by atoms with Gasteiger partial charge in [0.15, 0.2) is 23.0 Å². The second kappa shape index (κ2) is 20.5. The molecule has 6 heterocycles. The Morgan fingerprint density at radius 1 is 0.595 bits per heavy atom. The Morgan fingerprint density at radius 2 is 1.00 bits per heavy atom. The van der Waals surface area contributed by atoms with Crippen LogP contribution in [0.4, 0.5) is 11.4 Å². The van der Waals surface area contributed by atoms with E-state index >= 15 is 0 Å². The van der Waals surface area contributed by atoms with Gasteiger partial charge in [-0.3, -0.25) is 0 Å². The first kappa shape index (κ1) is 51.0. The number of methoxy groups -OCH3 is 2. The van der Waals surface area contributed by atoms with Crippen LogP contribution in [0, 0.1) is 0 Å². The van der Waals surface area contributed by atoms with Crippen molar-refractivity contribution in [3.8, 4) is 56.8 Å². The number of thiophene rings is 2. The Hall–Kier alpha value is -7.94. The quantitative estimate of drug-likeness (QED) is 0.0405. The first-order chi connectivity index (χ1) is 35.5. The van der Waals surface area contributed by atoms with E-state index in [2.05, 4.69) is 124 Å². The first-order valence-electron chi connectivity index (χ1n) is 24.1. The van der Waals surface area contributed by atoms with Gasteiger partial charge in [-0.25, -0.2) is 0 Å². The Kier molecular flexibility index (Phi) is 14.1. The maximum Gasteiger partial charge on any atom is 0.172 e. The maximum absolute atomic E-state index is 10.6. The lowest BCUT2D eigenvalue weighted by atomic mass is 9.83. The van der Waals surface area contributed by atoms with Gasteiger partial charge in [0.05, 0.1) is 47.8 Å². The standard InChI is InChI=1S/2C30H30N2O4S/c2*1-7-13-35-32-18(3)19-12-14-37-25(19)15-24-27-20(28-23(36-24)11-10-22(33)29(28)34-6)8-9-21-26(27)17(2)16-30(4,5)31-21/h2*7-12,14-16,31,33H,1,13H2,2-6H3/b24-15-,32-18+;24-15-,32-18-. The van der Waals surface area contributed by atoms with Crippen molar-refractivity contribution in [3.05, 3.63) is 152 Å². The lowest BCUT2D eigenvalue weighted by Crippen LogP contribution is -2.32. The van der Waals surface area contributed by atoms with Crippen LogP contribution < -0.4 is 29.6 Å². The van der Waals surface area contributed by atoms with E-state index < -0.39 is 0 Å². The molecule has 0 amide bonds. The third-order valence-electron chi connectivity index (χ3n) is 12.8. The number of aromatic hydroxyl groups is 2. The zero-order valence-electron chi connectivity index (χ0n) is 43.3. The summed E-state index contributed by atoms with van der Waals surface area (Å²) in [4.78, 5) is 12.7. The molecule has 74 heavy (non-hydrogen) atoms. The molecule has 0 radical (unpaired) electrons. The number of fused-ring (bicyclic) bond motifs is 10. The molecule has 0 unspecified atom stereocenters. The summed E-state index contributed by atoms with van der Waals surface area (Å²) in [7, 11) is 3.12. The van der Waals surface area contributed by atoms with E-state index in [1.54, 1.807) is 73.3 Å². The van der Waals surface area contributed by atoms with Crippen LogP contribution in [0.15, 0.2) is 119 Å². The van der Waals surface area contributed by atoms with Crippen molar-refractivity contribution in [3.63, 3.8) is 0 Å². The summed E-state index contributed by atoms with van der Waals surface area (Å²) in [6.07, 6.45) is 11.9. The number of nitrogens with one attached hydrogen (secondary N) is 2. The summed E-state index contributed by atoms with van der Waals surface area (Å²) in [5.41, 5.74) is 14.8. The molecule has 0 spiro atoms. The van der Waals surface area contributed by atoms with Gasteiger partial charge in [-0.2, -0.15) is 0 Å². The van der Waals surface area contributed by atoms with Crippen LogP contribution in [-0.2, 0) is 9.68 Å². The molecule has 4 aliphatic rings. The number of ether oxygens (including phenoxy) is 4. The average molecular weight is 1030 g/mol. The van der Waals surface area contributed by atoms with Gasteiger partial charge in [0, 0.05) is 65.6 Å². The molecule has 12 nitrogen and oxygen atoms in total. The molecule has 2 aromatic heterocycles. The van der Waals surface area contributed by atoms with Gasteiger partial charge in [0.2, 0.25) is 0 Å². The summed E-state index contributed by atoms with van der Waals surface area (Å²) in [6, 6.07) is 19.1. The predicted molar refractivity (Wildman–Crippen MR) is 305 cm³/mol. The molecule has 0 saturated heterocycles. The monoisotopic (exact) mass is 1030 g/mol. The van der Waals surface area contributed by atoms with E-state index in [-0.39, 0.29) is 22.6 Å². The molecule has 0 bridgehead atoms. The van der Waals surface area contributed by atoms with E-state index in [1.807, 2.05) is 36.7 Å². The highest BCUT2D eigenvalue weighted by molar-refractivity contribution is 7.11. The molecule has 0 atom stereocenters. The summed E-state index contributed by atoms with van der Waals surface area (Å²) in [6.45, 7) is 24.7. The number of phenols is 2. The Balaban J connectivity index is 0.000000182. The minimum atomic E-state index is -0.182. The predicted octanol–water partition coefficient (Wildman–Crippen LogP) is 15.1. The highest BCUT2D eigenvalue weighted by Gasteiger charge is 2.36. The number of allylic oxidation sites excluding steroid dienone is 2.